The lowest BCUT2D eigenvalue weighted by atomic mass is 10.1. The molecule has 7 heteroatoms. The van der Waals surface area contributed by atoms with E-state index in [1.54, 1.807) is 4.90 Å². The highest BCUT2D eigenvalue weighted by atomic mass is 35.5. The largest absolute Gasteiger partial charge is 0.490 e. The molecule has 0 atom stereocenters. The molecule has 1 aromatic heterocycles. The molecule has 24 heavy (non-hydrogen) atoms. The van der Waals surface area contributed by atoms with Crippen molar-refractivity contribution in [2.45, 2.75) is 6.92 Å². The van der Waals surface area contributed by atoms with Crippen molar-refractivity contribution < 1.29 is 19.1 Å². The number of rotatable bonds is 3. The van der Waals surface area contributed by atoms with Crippen molar-refractivity contribution in [3.8, 4) is 5.75 Å². The van der Waals surface area contributed by atoms with Crippen LogP contribution in [0, 0.1) is 6.92 Å². The topological polar surface area (TPSA) is 68.7 Å². The third kappa shape index (κ3) is 3.49. The second kappa shape index (κ2) is 6.88. The Bertz CT molecular complexity index is 777. The Morgan fingerprint density at radius 3 is 2.92 bits per heavy atom. The van der Waals surface area contributed by atoms with Gasteiger partial charge in [0.1, 0.15) is 17.5 Å². The van der Waals surface area contributed by atoms with Gasteiger partial charge < -0.3 is 14.4 Å². The molecule has 0 unspecified atom stereocenters. The van der Waals surface area contributed by atoms with Crippen LogP contribution in [0.4, 0.5) is 5.69 Å². The van der Waals surface area contributed by atoms with Crippen LogP contribution in [0.5, 0.6) is 5.75 Å². The number of aromatic nitrogens is 1. The molecule has 0 radical (unpaired) electrons. The van der Waals surface area contributed by atoms with E-state index in [2.05, 4.69) is 4.98 Å². The van der Waals surface area contributed by atoms with Gasteiger partial charge in [0.25, 0.3) is 5.91 Å². The Labute approximate surface area is 144 Å². The van der Waals surface area contributed by atoms with Crippen LogP contribution in [-0.2, 0) is 9.53 Å². The maximum atomic E-state index is 12.4. The standard InChI is InChI=1S/C17H15ClN2O4/c1-11-2-4-14-13(8-11)20(6-7-23-14)16(21)10-24-17(22)12-3-5-15(18)19-9-12/h2-5,8-9H,6-7,10H2,1H3. The number of carbonyl (C=O) groups is 2. The maximum Gasteiger partial charge on any atom is 0.340 e. The summed E-state index contributed by atoms with van der Waals surface area (Å²) in [6, 6.07) is 8.60. The molecule has 2 heterocycles. The lowest BCUT2D eigenvalue weighted by Gasteiger charge is -2.29. The fourth-order valence-corrected chi connectivity index (χ4v) is 2.48. The van der Waals surface area contributed by atoms with Crippen molar-refractivity contribution >= 4 is 29.2 Å². The van der Waals surface area contributed by atoms with Gasteiger partial charge in [0, 0.05) is 6.20 Å². The average molecular weight is 347 g/mol. The van der Waals surface area contributed by atoms with Gasteiger partial charge in [-0.2, -0.15) is 0 Å². The van der Waals surface area contributed by atoms with Crippen LogP contribution in [0.25, 0.3) is 0 Å². The van der Waals surface area contributed by atoms with Gasteiger partial charge in [-0.3, -0.25) is 4.79 Å². The van der Waals surface area contributed by atoms with Crippen molar-refractivity contribution in [1.82, 2.24) is 4.98 Å². The molecule has 2 aromatic rings. The molecule has 0 N–H and O–H groups in total. The predicted octanol–water partition coefficient (Wildman–Crippen LogP) is 2.63. The fraction of sp³-hybridized carbons (Fsp3) is 0.235. The van der Waals surface area contributed by atoms with E-state index < -0.39 is 5.97 Å². The Morgan fingerprint density at radius 1 is 1.33 bits per heavy atom. The minimum Gasteiger partial charge on any atom is -0.490 e. The van der Waals surface area contributed by atoms with Gasteiger partial charge in [-0.25, -0.2) is 9.78 Å². The molecule has 1 aliphatic heterocycles. The number of hydrogen-bond donors (Lipinski definition) is 0. The van der Waals surface area contributed by atoms with Crippen LogP contribution in [0.1, 0.15) is 15.9 Å². The molecule has 1 amide bonds. The van der Waals surface area contributed by atoms with Gasteiger partial charge in [-0.15, -0.1) is 0 Å². The quantitative estimate of drug-likeness (QED) is 0.631. The number of esters is 1. The van der Waals surface area contributed by atoms with E-state index in [9.17, 15) is 9.59 Å². The number of anilines is 1. The minimum atomic E-state index is -0.620. The number of hydrogen-bond acceptors (Lipinski definition) is 5. The van der Waals surface area contributed by atoms with Crippen molar-refractivity contribution in [2.24, 2.45) is 0 Å². The summed E-state index contributed by atoms with van der Waals surface area (Å²) >= 11 is 5.67. The Kier molecular flexibility index (Phi) is 4.66. The first-order chi connectivity index (χ1) is 11.5. The summed E-state index contributed by atoms with van der Waals surface area (Å²) in [4.78, 5) is 29.7. The molecule has 0 aliphatic carbocycles. The summed E-state index contributed by atoms with van der Waals surface area (Å²) in [6.45, 7) is 2.39. The molecular formula is C17H15ClN2O4. The number of aryl methyl sites for hydroxylation is 1. The summed E-state index contributed by atoms with van der Waals surface area (Å²) in [5, 5.41) is 0.280. The molecule has 0 saturated heterocycles. The van der Waals surface area contributed by atoms with E-state index in [1.807, 2.05) is 25.1 Å². The average Bonchev–Trinajstić information content (AvgIpc) is 2.59. The highest BCUT2D eigenvalue weighted by Crippen LogP contribution is 2.32. The molecule has 0 bridgehead atoms. The highest BCUT2D eigenvalue weighted by Gasteiger charge is 2.24. The number of fused-ring (bicyclic) bond motifs is 1. The third-order valence-electron chi connectivity index (χ3n) is 3.57. The number of amides is 1. The minimum absolute atomic E-state index is 0.241. The third-order valence-corrected chi connectivity index (χ3v) is 3.79. The summed E-state index contributed by atoms with van der Waals surface area (Å²) < 4.78 is 10.6. The first-order valence-electron chi connectivity index (χ1n) is 7.37. The summed E-state index contributed by atoms with van der Waals surface area (Å²) in [5.74, 6) is -0.279. The van der Waals surface area contributed by atoms with Gasteiger partial charge >= 0.3 is 5.97 Å². The van der Waals surface area contributed by atoms with Crippen molar-refractivity contribution in [2.75, 3.05) is 24.7 Å². The zero-order valence-corrected chi connectivity index (χ0v) is 13.7. The highest BCUT2D eigenvalue weighted by molar-refractivity contribution is 6.29. The number of ether oxygens (including phenoxy) is 2. The zero-order chi connectivity index (χ0) is 17.1. The van der Waals surface area contributed by atoms with Crippen molar-refractivity contribution in [3.63, 3.8) is 0 Å². The molecule has 0 saturated carbocycles. The van der Waals surface area contributed by atoms with Crippen LogP contribution in [0.3, 0.4) is 0 Å². The normalized spacial score (nSPS) is 13.0. The second-order valence-corrected chi connectivity index (χ2v) is 5.70. The molecule has 1 aliphatic rings. The van der Waals surface area contributed by atoms with Crippen LogP contribution >= 0.6 is 11.6 Å². The number of nitrogens with zero attached hydrogens (tertiary/aromatic N) is 2. The summed E-state index contributed by atoms with van der Waals surface area (Å²) in [7, 11) is 0. The van der Waals surface area contributed by atoms with Crippen molar-refractivity contribution in [1.29, 1.82) is 0 Å². The van der Waals surface area contributed by atoms with Gasteiger partial charge in [0.05, 0.1) is 17.8 Å². The summed E-state index contributed by atoms with van der Waals surface area (Å²) in [6.07, 6.45) is 1.31. The molecule has 6 nitrogen and oxygen atoms in total. The van der Waals surface area contributed by atoms with Gasteiger partial charge in [0.2, 0.25) is 0 Å². The number of carbonyl (C=O) groups excluding carboxylic acids is 2. The van der Waals surface area contributed by atoms with E-state index in [0.29, 0.717) is 24.6 Å². The van der Waals surface area contributed by atoms with Crippen LogP contribution < -0.4 is 9.64 Å². The fourth-order valence-electron chi connectivity index (χ4n) is 2.37. The number of benzene rings is 1. The first-order valence-corrected chi connectivity index (χ1v) is 7.75. The monoisotopic (exact) mass is 346 g/mol. The Morgan fingerprint density at radius 2 is 2.17 bits per heavy atom. The van der Waals surface area contributed by atoms with E-state index in [4.69, 9.17) is 21.1 Å². The van der Waals surface area contributed by atoms with E-state index in [-0.39, 0.29) is 23.2 Å². The zero-order valence-electron chi connectivity index (χ0n) is 13.0. The van der Waals surface area contributed by atoms with Gasteiger partial charge in [-0.05, 0) is 36.8 Å². The van der Waals surface area contributed by atoms with Crippen molar-refractivity contribution in [3.05, 3.63) is 52.8 Å². The number of halogens is 1. The smallest absolute Gasteiger partial charge is 0.340 e. The maximum absolute atomic E-state index is 12.4. The molecule has 1 aromatic carbocycles. The molecule has 124 valence electrons. The Hall–Kier alpha value is -2.60. The van der Waals surface area contributed by atoms with E-state index >= 15 is 0 Å². The van der Waals surface area contributed by atoms with Crippen LogP contribution in [0.15, 0.2) is 36.5 Å². The van der Waals surface area contributed by atoms with Crippen LogP contribution in [-0.4, -0.2) is 36.6 Å². The van der Waals surface area contributed by atoms with E-state index in [0.717, 1.165) is 5.56 Å². The lowest BCUT2D eigenvalue weighted by Crippen LogP contribution is -2.40. The van der Waals surface area contributed by atoms with Gasteiger partial charge in [-0.1, -0.05) is 17.7 Å². The van der Waals surface area contributed by atoms with E-state index in [1.165, 1.54) is 18.3 Å². The molecular weight excluding hydrogens is 332 g/mol. The lowest BCUT2D eigenvalue weighted by molar-refractivity contribution is -0.121. The molecule has 0 fully saturated rings. The molecule has 3 rings (SSSR count). The summed E-state index contributed by atoms with van der Waals surface area (Å²) in [5.41, 5.74) is 1.95. The number of pyridine rings is 1. The van der Waals surface area contributed by atoms with Gasteiger partial charge in [0.15, 0.2) is 6.61 Å². The molecule has 0 spiro atoms. The predicted molar refractivity (Wildman–Crippen MR) is 88.6 cm³/mol. The van der Waals surface area contributed by atoms with Crippen LogP contribution in [0.2, 0.25) is 5.15 Å². The second-order valence-electron chi connectivity index (χ2n) is 5.31. The SMILES string of the molecule is Cc1ccc2c(c1)N(C(=O)COC(=O)c1ccc(Cl)nc1)CCO2. The first kappa shape index (κ1) is 16.3. The Balaban J connectivity index is 1.67.